The summed E-state index contributed by atoms with van der Waals surface area (Å²) >= 11 is 0. The van der Waals surface area contributed by atoms with E-state index in [1.54, 1.807) is 0 Å². The van der Waals surface area contributed by atoms with Crippen LogP contribution < -0.4 is 22.9 Å². The molecule has 10 heavy (non-hydrogen) atoms. The van der Waals surface area contributed by atoms with Gasteiger partial charge in [-0.3, -0.25) is 0 Å². The van der Waals surface area contributed by atoms with Gasteiger partial charge in [0, 0.05) is 7.11 Å². The summed E-state index contributed by atoms with van der Waals surface area (Å²) in [6, 6.07) is -1.67. The van der Waals surface area contributed by atoms with Crippen LogP contribution in [-0.4, -0.2) is 24.3 Å². The second-order valence-electron chi connectivity index (χ2n) is 0.805. The average Bonchev–Trinajstić information content (AvgIpc) is 1.66. The molecule has 0 aromatic heterocycles. The molecule has 62 valence electrons. The van der Waals surface area contributed by atoms with Crippen molar-refractivity contribution in [1.82, 2.24) is 0 Å². The molecule has 0 heterocycles. The van der Waals surface area contributed by atoms with Crippen molar-refractivity contribution in [1.29, 1.82) is 0 Å². The Labute approximate surface area is 58.0 Å². The van der Waals surface area contributed by atoms with Gasteiger partial charge in [-0.1, -0.05) is 0 Å². The molecule has 0 aromatic rings. The Bertz CT molecular complexity index is 73.7. The van der Waals surface area contributed by atoms with Crippen molar-refractivity contribution in [3.63, 3.8) is 0 Å². The third kappa shape index (κ3) is 87.4. The molecule has 0 bridgehead atoms. The Hall–Kier alpha value is -1.50. The van der Waals surface area contributed by atoms with E-state index in [-0.39, 0.29) is 0 Å². The highest BCUT2D eigenvalue weighted by Gasteiger charge is 1.61. The van der Waals surface area contributed by atoms with E-state index in [9.17, 15) is 0 Å². The van der Waals surface area contributed by atoms with E-state index in [0.29, 0.717) is 0 Å². The maximum atomic E-state index is 9.00. The summed E-state index contributed by atoms with van der Waals surface area (Å²) in [6.45, 7) is 0. The molecule has 0 saturated carbocycles. The van der Waals surface area contributed by atoms with Crippen molar-refractivity contribution in [2.75, 3.05) is 7.11 Å². The fourth-order valence-corrected chi connectivity index (χ4v) is 0. The molecule has 0 rings (SSSR count). The molecule has 0 saturated heterocycles. The van der Waals surface area contributed by atoms with Crippen LogP contribution >= 0.6 is 0 Å². The molecule has 9 N–H and O–H groups in total. The number of urea groups is 2. The molecule has 0 aromatic carbocycles. The summed E-state index contributed by atoms with van der Waals surface area (Å²) in [7, 11) is 1.00. The lowest BCUT2D eigenvalue weighted by Gasteiger charge is -1.62. The zero-order chi connectivity index (χ0) is 9.15. The zero-order valence-electron chi connectivity index (χ0n) is 5.57. The molecule has 0 aliphatic carbocycles. The van der Waals surface area contributed by atoms with Gasteiger partial charge >= 0.3 is 12.1 Å². The second kappa shape index (κ2) is 15.6. The molecule has 0 spiro atoms. The van der Waals surface area contributed by atoms with Crippen LogP contribution in [0.25, 0.3) is 0 Å². The Kier molecular flexibility index (Phi) is 24.7. The fourth-order valence-electron chi connectivity index (χ4n) is 0. The van der Waals surface area contributed by atoms with E-state index >= 15 is 0 Å². The molecule has 0 radical (unpaired) electrons. The van der Waals surface area contributed by atoms with Crippen molar-refractivity contribution in [3.05, 3.63) is 0 Å². The van der Waals surface area contributed by atoms with Crippen molar-refractivity contribution in [2.45, 2.75) is 0 Å². The maximum absolute atomic E-state index is 9.00. The van der Waals surface area contributed by atoms with E-state index in [2.05, 4.69) is 22.9 Å². The maximum Gasteiger partial charge on any atom is 0.309 e. The molecule has 0 aliphatic rings. The first-order valence-corrected chi connectivity index (χ1v) is 2.01. The van der Waals surface area contributed by atoms with Crippen LogP contribution in [0.5, 0.6) is 0 Å². The van der Waals surface area contributed by atoms with Gasteiger partial charge in [0.15, 0.2) is 0 Å². The van der Waals surface area contributed by atoms with Crippen LogP contribution in [-0.2, 0) is 0 Å². The van der Waals surface area contributed by atoms with Gasteiger partial charge in [-0.25, -0.2) is 9.59 Å². The number of amides is 4. The van der Waals surface area contributed by atoms with Crippen molar-refractivity contribution in [3.8, 4) is 0 Å². The SMILES string of the molecule is CO.NC(N)=O.NC(N)=O. The summed E-state index contributed by atoms with van der Waals surface area (Å²) in [6.07, 6.45) is 0. The summed E-state index contributed by atoms with van der Waals surface area (Å²) in [4.78, 5) is 18.0. The number of carbonyl (C=O) groups is 2. The number of hydrogen-bond donors (Lipinski definition) is 5. The summed E-state index contributed by atoms with van der Waals surface area (Å²) < 4.78 is 0. The quantitative estimate of drug-likeness (QED) is 0.263. The molecule has 7 heteroatoms. The molecule has 0 unspecified atom stereocenters. The van der Waals surface area contributed by atoms with Crippen LogP contribution in [0, 0.1) is 0 Å². The number of rotatable bonds is 0. The van der Waals surface area contributed by atoms with E-state index in [0.717, 1.165) is 7.11 Å². The number of aliphatic hydroxyl groups excluding tert-OH is 1. The van der Waals surface area contributed by atoms with E-state index in [1.165, 1.54) is 0 Å². The van der Waals surface area contributed by atoms with Gasteiger partial charge in [-0.15, -0.1) is 0 Å². The number of aliphatic hydroxyl groups is 1. The van der Waals surface area contributed by atoms with Crippen LogP contribution in [0.1, 0.15) is 0 Å². The lowest BCUT2D eigenvalue weighted by molar-refractivity contribution is 0.255. The summed E-state index contributed by atoms with van der Waals surface area (Å²) in [5, 5.41) is 7.00. The smallest absolute Gasteiger partial charge is 0.309 e. The Morgan fingerprint density at radius 3 is 0.900 bits per heavy atom. The number of hydrogen-bond acceptors (Lipinski definition) is 3. The second-order valence-corrected chi connectivity index (χ2v) is 0.805. The first-order valence-electron chi connectivity index (χ1n) is 2.01. The van der Waals surface area contributed by atoms with Gasteiger partial charge in [-0.05, 0) is 0 Å². The van der Waals surface area contributed by atoms with Crippen LogP contribution in [0.4, 0.5) is 9.59 Å². The molecule has 7 nitrogen and oxygen atoms in total. The Morgan fingerprint density at radius 1 is 0.900 bits per heavy atom. The molecular formula is C3H12N4O3. The van der Waals surface area contributed by atoms with Crippen molar-refractivity contribution >= 4 is 12.1 Å². The minimum Gasteiger partial charge on any atom is -0.400 e. The minimum atomic E-state index is -0.833. The van der Waals surface area contributed by atoms with Gasteiger partial charge < -0.3 is 28.0 Å². The molecular weight excluding hydrogens is 140 g/mol. The monoisotopic (exact) mass is 152 g/mol. The highest BCUT2D eigenvalue weighted by molar-refractivity contribution is 5.69. The van der Waals surface area contributed by atoms with Gasteiger partial charge in [0.1, 0.15) is 0 Å². The first-order chi connectivity index (χ1) is 4.46. The number of nitrogens with two attached hydrogens (primary N) is 4. The van der Waals surface area contributed by atoms with E-state index < -0.39 is 12.1 Å². The Morgan fingerprint density at radius 2 is 0.900 bits per heavy atom. The van der Waals surface area contributed by atoms with Gasteiger partial charge in [0.25, 0.3) is 0 Å². The highest BCUT2D eigenvalue weighted by Crippen LogP contribution is 1.26. The predicted molar refractivity (Wildman–Crippen MR) is 35.7 cm³/mol. The van der Waals surface area contributed by atoms with Gasteiger partial charge in [-0.2, -0.15) is 0 Å². The van der Waals surface area contributed by atoms with E-state index in [4.69, 9.17) is 14.7 Å². The van der Waals surface area contributed by atoms with Crippen LogP contribution in [0.2, 0.25) is 0 Å². The third-order valence-electron chi connectivity index (χ3n) is 0. The molecule has 4 amide bonds. The molecule has 0 atom stereocenters. The van der Waals surface area contributed by atoms with Gasteiger partial charge in [0.2, 0.25) is 0 Å². The number of carbonyl (C=O) groups excluding carboxylic acids is 2. The third-order valence-corrected chi connectivity index (χ3v) is 0. The highest BCUT2D eigenvalue weighted by atomic mass is 16.2. The first kappa shape index (κ1) is 15.8. The van der Waals surface area contributed by atoms with Crippen LogP contribution in [0.3, 0.4) is 0 Å². The lowest BCUT2D eigenvalue weighted by atomic mass is 11.2. The summed E-state index contributed by atoms with van der Waals surface area (Å²) in [5.41, 5.74) is 17.0. The van der Waals surface area contributed by atoms with Crippen molar-refractivity contribution in [2.24, 2.45) is 22.9 Å². The largest absolute Gasteiger partial charge is 0.400 e. The van der Waals surface area contributed by atoms with E-state index in [1.807, 2.05) is 0 Å². The zero-order valence-corrected chi connectivity index (χ0v) is 5.57. The predicted octanol–water partition coefficient (Wildman–Crippen LogP) is -2.34. The Balaban J connectivity index is -0.0000000787. The normalized spacial score (nSPS) is 5.40. The molecule has 0 aliphatic heterocycles. The lowest BCUT2D eigenvalue weighted by Crippen LogP contribution is -2.18. The van der Waals surface area contributed by atoms with Crippen LogP contribution in [0.15, 0.2) is 0 Å². The fraction of sp³-hybridized carbons (Fsp3) is 0.333. The standard InChI is InChI=1S/2CH4N2O.CH4O/c2*2-1(3)4;1-2/h2*(H4,2,3,4);2H,1H3. The summed E-state index contributed by atoms with van der Waals surface area (Å²) in [5.74, 6) is 0. The van der Waals surface area contributed by atoms with Crippen molar-refractivity contribution < 1.29 is 14.7 Å². The number of primary amides is 4. The topological polar surface area (TPSA) is 158 Å². The molecule has 0 fully saturated rings. The minimum absolute atomic E-state index is 0.833. The van der Waals surface area contributed by atoms with Gasteiger partial charge in [0.05, 0.1) is 0 Å². The average molecular weight is 152 g/mol.